The van der Waals surface area contributed by atoms with Gasteiger partial charge in [0.05, 0.1) is 17.2 Å². The van der Waals surface area contributed by atoms with Crippen LogP contribution < -0.4 is 5.32 Å². The lowest BCUT2D eigenvalue weighted by Crippen LogP contribution is -2.39. The molecule has 2 aliphatic rings. The van der Waals surface area contributed by atoms with Gasteiger partial charge in [0.15, 0.2) is 5.66 Å². The third-order valence-electron chi connectivity index (χ3n) is 5.28. The number of nitrogens with one attached hydrogen (secondary N) is 1. The lowest BCUT2D eigenvalue weighted by atomic mass is 9.99. The molecule has 0 bridgehead atoms. The second-order valence-electron chi connectivity index (χ2n) is 7.63. The van der Waals surface area contributed by atoms with Crippen LogP contribution in [0.1, 0.15) is 18.4 Å². The number of carbonyl (C=O) groups excluding carboxylic acids is 1. The Balaban J connectivity index is 1.51. The monoisotopic (exact) mass is 462 g/mol. The van der Waals surface area contributed by atoms with E-state index in [0.29, 0.717) is 10.1 Å². The van der Waals surface area contributed by atoms with E-state index in [2.05, 4.69) is 17.3 Å². The van der Waals surface area contributed by atoms with Gasteiger partial charge in [0.1, 0.15) is 16.7 Å². The summed E-state index contributed by atoms with van der Waals surface area (Å²) in [5, 5.41) is 3.71. The van der Waals surface area contributed by atoms with Crippen molar-refractivity contribution in [1.82, 2.24) is 4.90 Å². The average Bonchev–Trinajstić information content (AvgIpc) is 3.10. The molecule has 0 aromatic heterocycles. The number of thioether (sulfide) groups is 1. The predicted molar refractivity (Wildman–Crippen MR) is 122 cm³/mol. The summed E-state index contributed by atoms with van der Waals surface area (Å²) in [6.45, 7) is 1.77. The molecule has 4 rings (SSSR count). The number of nitrogens with zero attached hydrogens (tertiary/aromatic N) is 3. The molecule has 2 aromatic carbocycles. The maximum atomic E-state index is 13.8. The Hall–Kier alpha value is -2.29. The first-order chi connectivity index (χ1) is 14.8. The van der Waals surface area contributed by atoms with Gasteiger partial charge in [0, 0.05) is 42.6 Å². The second-order valence-corrected chi connectivity index (χ2v) is 9.03. The SMILES string of the molecule is CN1CCC2(CC1)N=C(SCC(=O)Nc1cc(F)ccc1F)C(c1ccc(Cl)cc1)=N2. The Morgan fingerprint density at radius 2 is 1.87 bits per heavy atom. The molecule has 1 saturated heterocycles. The minimum absolute atomic E-state index is 0.00260. The third-order valence-corrected chi connectivity index (χ3v) is 6.50. The Morgan fingerprint density at radius 1 is 1.16 bits per heavy atom. The summed E-state index contributed by atoms with van der Waals surface area (Å²) in [6, 6.07) is 10.3. The van der Waals surface area contributed by atoms with Crippen LogP contribution in [0.2, 0.25) is 5.02 Å². The molecule has 9 heteroatoms. The number of likely N-dealkylation sites (tertiary alicyclic amines) is 1. The van der Waals surface area contributed by atoms with Crippen LogP contribution in [0.5, 0.6) is 0 Å². The molecule has 1 fully saturated rings. The Kier molecular flexibility index (Phi) is 6.41. The summed E-state index contributed by atoms with van der Waals surface area (Å²) in [7, 11) is 2.07. The van der Waals surface area contributed by atoms with E-state index in [4.69, 9.17) is 21.6 Å². The molecule has 2 aromatic rings. The maximum Gasteiger partial charge on any atom is 0.234 e. The molecular formula is C22H21ClF2N4OS. The first-order valence-electron chi connectivity index (χ1n) is 9.86. The van der Waals surface area contributed by atoms with Gasteiger partial charge in [-0.1, -0.05) is 35.5 Å². The molecule has 5 nitrogen and oxygen atoms in total. The van der Waals surface area contributed by atoms with Crippen LogP contribution >= 0.6 is 23.4 Å². The van der Waals surface area contributed by atoms with Crippen molar-refractivity contribution in [1.29, 1.82) is 0 Å². The zero-order valence-corrected chi connectivity index (χ0v) is 18.4. The minimum Gasteiger partial charge on any atom is -0.323 e. The molecule has 31 heavy (non-hydrogen) atoms. The number of amides is 1. The number of hydrogen-bond donors (Lipinski definition) is 1. The van der Waals surface area contributed by atoms with E-state index in [1.165, 1.54) is 11.8 Å². The van der Waals surface area contributed by atoms with Crippen molar-refractivity contribution >= 4 is 45.7 Å². The lowest BCUT2D eigenvalue weighted by Gasteiger charge is -2.33. The third kappa shape index (κ3) is 5.14. The maximum absolute atomic E-state index is 13.8. The standard InChI is InChI=1S/C22H21ClF2N4OS/c1-29-10-8-22(9-11-29)27-20(14-2-4-15(23)5-3-14)21(28-22)31-13-19(30)26-18-12-16(24)6-7-17(18)25/h2-7,12H,8-11,13H2,1H3,(H,26,30). The van der Waals surface area contributed by atoms with Gasteiger partial charge in [-0.05, 0) is 31.3 Å². The van der Waals surface area contributed by atoms with E-state index in [1.54, 1.807) is 12.1 Å². The van der Waals surface area contributed by atoms with E-state index in [1.807, 2.05) is 12.1 Å². The summed E-state index contributed by atoms with van der Waals surface area (Å²) < 4.78 is 27.2. The van der Waals surface area contributed by atoms with Crippen LogP contribution in [0.15, 0.2) is 52.4 Å². The van der Waals surface area contributed by atoms with Gasteiger partial charge in [-0.3, -0.25) is 9.79 Å². The highest BCUT2D eigenvalue weighted by molar-refractivity contribution is 8.16. The van der Waals surface area contributed by atoms with Gasteiger partial charge in [-0.15, -0.1) is 0 Å². The first-order valence-corrected chi connectivity index (χ1v) is 11.2. The molecule has 1 spiro atoms. The van der Waals surface area contributed by atoms with Crippen molar-refractivity contribution in [3.63, 3.8) is 0 Å². The summed E-state index contributed by atoms with van der Waals surface area (Å²) in [5.74, 6) is -1.76. The topological polar surface area (TPSA) is 57.1 Å². The molecule has 1 N–H and O–H groups in total. The van der Waals surface area contributed by atoms with Crippen LogP contribution in [0.3, 0.4) is 0 Å². The molecule has 162 valence electrons. The average molecular weight is 463 g/mol. The summed E-state index contributed by atoms with van der Waals surface area (Å²) in [5.41, 5.74) is 0.908. The number of piperidine rings is 1. The number of carbonyl (C=O) groups is 1. The van der Waals surface area contributed by atoms with Crippen LogP contribution in [-0.4, -0.2) is 53.1 Å². The smallest absolute Gasteiger partial charge is 0.234 e. The van der Waals surface area contributed by atoms with Crippen molar-refractivity contribution in [2.24, 2.45) is 9.98 Å². The fourth-order valence-corrected chi connectivity index (χ4v) is 4.53. The summed E-state index contributed by atoms with van der Waals surface area (Å²) in [4.78, 5) is 24.5. The lowest BCUT2D eigenvalue weighted by molar-refractivity contribution is -0.113. The Bertz CT molecular complexity index is 1050. The number of aliphatic imine (C=N–C) groups is 2. The van der Waals surface area contributed by atoms with Gasteiger partial charge < -0.3 is 10.2 Å². The highest BCUT2D eigenvalue weighted by Crippen LogP contribution is 2.35. The molecule has 0 saturated carbocycles. The van der Waals surface area contributed by atoms with Crippen molar-refractivity contribution in [3.8, 4) is 0 Å². The van der Waals surface area contributed by atoms with Crippen molar-refractivity contribution < 1.29 is 13.6 Å². The quantitative estimate of drug-likeness (QED) is 0.721. The van der Waals surface area contributed by atoms with Gasteiger partial charge in [-0.25, -0.2) is 13.8 Å². The zero-order valence-electron chi connectivity index (χ0n) is 16.9. The number of anilines is 1. The molecule has 0 unspecified atom stereocenters. The van der Waals surface area contributed by atoms with Crippen LogP contribution in [-0.2, 0) is 4.79 Å². The largest absolute Gasteiger partial charge is 0.323 e. The van der Waals surface area contributed by atoms with E-state index in [9.17, 15) is 13.6 Å². The fraction of sp³-hybridized carbons (Fsp3) is 0.318. The number of benzene rings is 2. The molecule has 0 aliphatic carbocycles. The van der Waals surface area contributed by atoms with Crippen molar-refractivity contribution in [2.45, 2.75) is 18.5 Å². The zero-order chi connectivity index (χ0) is 22.0. The van der Waals surface area contributed by atoms with Crippen LogP contribution in [0.4, 0.5) is 14.5 Å². The molecular weight excluding hydrogens is 442 g/mol. The Morgan fingerprint density at radius 3 is 2.58 bits per heavy atom. The molecule has 0 atom stereocenters. The number of hydrogen-bond acceptors (Lipinski definition) is 5. The van der Waals surface area contributed by atoms with E-state index >= 15 is 0 Å². The summed E-state index contributed by atoms with van der Waals surface area (Å²) in [6.07, 6.45) is 1.59. The van der Waals surface area contributed by atoms with Crippen molar-refractivity contribution in [2.75, 3.05) is 31.2 Å². The normalized spacial score (nSPS) is 18.1. The van der Waals surface area contributed by atoms with E-state index in [-0.39, 0.29) is 11.4 Å². The predicted octanol–water partition coefficient (Wildman–Crippen LogP) is 4.61. The molecule has 2 aliphatic heterocycles. The number of rotatable bonds is 4. The summed E-state index contributed by atoms with van der Waals surface area (Å²) >= 11 is 7.27. The fourth-order valence-electron chi connectivity index (χ4n) is 3.53. The van der Waals surface area contributed by atoms with Crippen LogP contribution in [0, 0.1) is 11.6 Å². The van der Waals surface area contributed by atoms with E-state index in [0.717, 1.165) is 55.4 Å². The van der Waals surface area contributed by atoms with Crippen LogP contribution in [0.25, 0.3) is 0 Å². The van der Waals surface area contributed by atoms with E-state index < -0.39 is 23.2 Å². The highest BCUT2D eigenvalue weighted by atomic mass is 35.5. The van der Waals surface area contributed by atoms with Gasteiger partial charge in [-0.2, -0.15) is 0 Å². The minimum atomic E-state index is -0.688. The number of halogens is 3. The van der Waals surface area contributed by atoms with Gasteiger partial charge in [0.25, 0.3) is 0 Å². The Labute approximate surface area is 188 Å². The highest BCUT2D eigenvalue weighted by Gasteiger charge is 2.39. The molecule has 2 heterocycles. The first kappa shape index (κ1) is 21.9. The molecule has 1 amide bonds. The van der Waals surface area contributed by atoms with Crippen molar-refractivity contribution in [3.05, 3.63) is 64.7 Å². The van der Waals surface area contributed by atoms with Gasteiger partial charge >= 0.3 is 0 Å². The second kappa shape index (κ2) is 9.06. The molecule has 0 radical (unpaired) electrons. The van der Waals surface area contributed by atoms with Gasteiger partial charge in [0.2, 0.25) is 5.91 Å².